The van der Waals surface area contributed by atoms with E-state index in [0.29, 0.717) is 0 Å². The van der Waals surface area contributed by atoms with E-state index >= 15 is 0 Å². The highest BCUT2D eigenvalue weighted by Gasteiger charge is 1.96. The summed E-state index contributed by atoms with van der Waals surface area (Å²) in [6.07, 6.45) is 0. The Morgan fingerprint density at radius 2 is 2.07 bits per heavy atom. The number of rotatable bonds is 7. The van der Waals surface area contributed by atoms with Crippen LogP contribution in [-0.2, 0) is 6.54 Å². The van der Waals surface area contributed by atoms with Crippen LogP contribution >= 0.6 is 33.9 Å². The fourth-order valence-corrected chi connectivity index (χ4v) is 2.65. The van der Waals surface area contributed by atoms with Gasteiger partial charge in [0.1, 0.15) is 0 Å². The molecule has 2 N–H and O–H groups in total. The molecule has 1 heterocycles. The van der Waals surface area contributed by atoms with Gasteiger partial charge in [0, 0.05) is 19.6 Å². The Hall–Kier alpha value is 0.350. The largest absolute Gasteiger partial charge is 0.315 e. The van der Waals surface area contributed by atoms with Gasteiger partial charge in [0.05, 0.1) is 2.88 Å². The molecule has 1 rings (SSSR count). The van der Waals surface area contributed by atoms with Crippen molar-refractivity contribution in [1.29, 1.82) is 0 Å². The molecule has 15 heavy (non-hydrogen) atoms. The van der Waals surface area contributed by atoms with E-state index in [9.17, 15) is 0 Å². The third-order valence-corrected chi connectivity index (χ3v) is 3.82. The van der Waals surface area contributed by atoms with Gasteiger partial charge in [-0.2, -0.15) is 0 Å². The molecule has 0 bridgehead atoms. The Balaban J connectivity index is 1.98. The predicted molar refractivity (Wildman–Crippen MR) is 76.5 cm³/mol. The van der Waals surface area contributed by atoms with Crippen LogP contribution in [0, 0.1) is 8.80 Å². The number of thiophene rings is 1. The van der Waals surface area contributed by atoms with E-state index in [1.54, 1.807) is 0 Å². The van der Waals surface area contributed by atoms with E-state index < -0.39 is 0 Å². The van der Waals surface area contributed by atoms with Crippen molar-refractivity contribution in [3.63, 3.8) is 0 Å². The van der Waals surface area contributed by atoms with Gasteiger partial charge in [0.2, 0.25) is 0 Å². The molecule has 0 spiro atoms. The van der Waals surface area contributed by atoms with Crippen LogP contribution in [0.25, 0.3) is 0 Å². The summed E-state index contributed by atoms with van der Waals surface area (Å²) in [5, 5.41) is 9.06. The zero-order valence-electron chi connectivity index (χ0n) is 9.35. The van der Waals surface area contributed by atoms with Gasteiger partial charge in [-0.3, -0.25) is 0 Å². The van der Waals surface area contributed by atoms with Crippen molar-refractivity contribution in [3.05, 3.63) is 19.9 Å². The molecule has 0 aliphatic heterocycles. The topological polar surface area (TPSA) is 24.1 Å². The minimum Gasteiger partial charge on any atom is -0.315 e. The van der Waals surface area contributed by atoms with E-state index in [1.165, 1.54) is 8.45 Å². The maximum Gasteiger partial charge on any atom is 0.0656 e. The van der Waals surface area contributed by atoms with E-state index in [4.69, 9.17) is 0 Å². The highest BCUT2D eigenvalue weighted by molar-refractivity contribution is 14.1. The summed E-state index contributed by atoms with van der Waals surface area (Å²) in [5.74, 6) is 0.739. The van der Waals surface area contributed by atoms with Crippen LogP contribution in [0.5, 0.6) is 0 Å². The first-order valence-corrected chi connectivity index (χ1v) is 7.28. The van der Waals surface area contributed by atoms with Gasteiger partial charge in [-0.05, 0) is 52.1 Å². The van der Waals surface area contributed by atoms with Crippen molar-refractivity contribution < 1.29 is 0 Å². The normalized spacial score (nSPS) is 11.2. The number of hydrogen-bond acceptors (Lipinski definition) is 3. The zero-order valence-corrected chi connectivity index (χ0v) is 12.3. The molecular weight excluding hydrogens is 319 g/mol. The lowest BCUT2D eigenvalue weighted by Crippen LogP contribution is -2.29. The maximum atomic E-state index is 3.43. The molecule has 0 aliphatic carbocycles. The highest BCUT2D eigenvalue weighted by atomic mass is 127. The molecule has 4 heteroatoms. The Morgan fingerprint density at radius 1 is 1.33 bits per heavy atom. The number of halogens is 1. The summed E-state index contributed by atoms with van der Waals surface area (Å²) in [6.45, 7) is 8.65. The fourth-order valence-electron chi connectivity index (χ4n) is 1.24. The van der Waals surface area contributed by atoms with E-state index in [1.807, 2.05) is 11.3 Å². The maximum absolute atomic E-state index is 3.43. The van der Waals surface area contributed by atoms with Gasteiger partial charge in [-0.1, -0.05) is 13.8 Å². The first kappa shape index (κ1) is 13.4. The molecule has 0 unspecified atom stereocenters. The van der Waals surface area contributed by atoms with Gasteiger partial charge < -0.3 is 10.6 Å². The molecule has 2 nitrogen and oxygen atoms in total. The molecule has 0 saturated heterocycles. The second-order valence-electron chi connectivity index (χ2n) is 4.03. The molecule has 0 saturated carbocycles. The van der Waals surface area contributed by atoms with Crippen molar-refractivity contribution in [2.24, 2.45) is 5.92 Å². The molecule has 1 aromatic rings. The van der Waals surface area contributed by atoms with Gasteiger partial charge >= 0.3 is 0 Å². The lowest BCUT2D eigenvalue weighted by atomic mass is 10.2. The lowest BCUT2D eigenvalue weighted by molar-refractivity contribution is 0.535. The molecule has 0 radical (unpaired) electrons. The quantitative estimate of drug-likeness (QED) is 0.590. The van der Waals surface area contributed by atoms with Crippen molar-refractivity contribution in [2.45, 2.75) is 20.4 Å². The Labute approximate surface area is 110 Å². The fraction of sp³-hybridized carbons (Fsp3) is 0.636. The van der Waals surface area contributed by atoms with E-state index in [-0.39, 0.29) is 0 Å². The average Bonchev–Trinajstić information content (AvgIpc) is 2.57. The first-order valence-electron chi connectivity index (χ1n) is 5.33. The predicted octanol–water partition coefficient (Wildman–Crippen LogP) is 2.69. The molecular formula is C11H19IN2S. The third kappa shape index (κ3) is 6.50. The summed E-state index contributed by atoms with van der Waals surface area (Å²) in [6, 6.07) is 2.24. The van der Waals surface area contributed by atoms with Gasteiger partial charge in [-0.25, -0.2) is 0 Å². The van der Waals surface area contributed by atoms with Crippen LogP contribution in [0.4, 0.5) is 0 Å². The SMILES string of the molecule is CC(C)CNCCNCc1csc(I)c1. The lowest BCUT2D eigenvalue weighted by Gasteiger charge is -2.07. The molecule has 0 atom stereocenters. The zero-order chi connectivity index (χ0) is 11.1. The highest BCUT2D eigenvalue weighted by Crippen LogP contribution is 2.15. The monoisotopic (exact) mass is 338 g/mol. The summed E-state index contributed by atoms with van der Waals surface area (Å²) in [7, 11) is 0. The second-order valence-corrected chi connectivity index (χ2v) is 6.84. The van der Waals surface area contributed by atoms with Crippen molar-refractivity contribution in [2.75, 3.05) is 19.6 Å². The van der Waals surface area contributed by atoms with Crippen LogP contribution in [0.1, 0.15) is 19.4 Å². The Kier molecular flexibility index (Phi) is 6.79. The molecule has 0 aliphatic rings. The molecule has 0 fully saturated rings. The third-order valence-electron chi connectivity index (χ3n) is 1.98. The molecule has 0 aromatic carbocycles. The number of nitrogens with one attached hydrogen (secondary N) is 2. The van der Waals surface area contributed by atoms with Crippen molar-refractivity contribution >= 4 is 33.9 Å². The van der Waals surface area contributed by atoms with Crippen LogP contribution in [0.2, 0.25) is 0 Å². The van der Waals surface area contributed by atoms with Gasteiger partial charge in [-0.15, -0.1) is 11.3 Å². The molecule has 86 valence electrons. The van der Waals surface area contributed by atoms with Crippen molar-refractivity contribution in [3.8, 4) is 0 Å². The first-order chi connectivity index (χ1) is 7.18. The van der Waals surface area contributed by atoms with Crippen molar-refractivity contribution in [1.82, 2.24) is 10.6 Å². The molecule has 0 amide bonds. The summed E-state index contributed by atoms with van der Waals surface area (Å²) >= 11 is 4.17. The number of hydrogen-bond donors (Lipinski definition) is 2. The van der Waals surface area contributed by atoms with Crippen LogP contribution in [-0.4, -0.2) is 19.6 Å². The van der Waals surface area contributed by atoms with Gasteiger partial charge in [0.25, 0.3) is 0 Å². The standard InChI is InChI=1S/C11H19IN2S/c1-9(2)6-13-3-4-14-7-10-5-11(12)15-8-10/h5,8-9,13-14H,3-4,6-7H2,1-2H3. The molecule has 1 aromatic heterocycles. The minimum absolute atomic E-state index is 0.739. The minimum atomic E-state index is 0.739. The van der Waals surface area contributed by atoms with Crippen LogP contribution in [0.15, 0.2) is 11.4 Å². The summed E-state index contributed by atoms with van der Waals surface area (Å²) < 4.78 is 1.36. The average molecular weight is 338 g/mol. The Morgan fingerprint density at radius 3 is 2.67 bits per heavy atom. The summed E-state index contributed by atoms with van der Waals surface area (Å²) in [5.41, 5.74) is 1.40. The van der Waals surface area contributed by atoms with Crippen LogP contribution < -0.4 is 10.6 Å². The Bertz CT molecular complexity index is 273. The van der Waals surface area contributed by atoms with E-state index in [2.05, 4.69) is 58.5 Å². The van der Waals surface area contributed by atoms with E-state index in [0.717, 1.165) is 32.1 Å². The van der Waals surface area contributed by atoms with Crippen LogP contribution in [0.3, 0.4) is 0 Å². The second kappa shape index (κ2) is 7.60. The van der Waals surface area contributed by atoms with Gasteiger partial charge in [0.15, 0.2) is 0 Å². The summed E-state index contributed by atoms with van der Waals surface area (Å²) in [4.78, 5) is 0. The smallest absolute Gasteiger partial charge is 0.0656 e.